The first-order valence-corrected chi connectivity index (χ1v) is 10.6. The number of hydrogen-bond donors (Lipinski definition) is 1. The number of rotatable bonds is 7. The second-order valence-corrected chi connectivity index (χ2v) is 9.09. The summed E-state index contributed by atoms with van der Waals surface area (Å²) in [6.07, 6.45) is 1.90. The van der Waals surface area contributed by atoms with Crippen LogP contribution < -0.4 is 5.32 Å². The second kappa shape index (κ2) is 8.76. The molecule has 0 radical (unpaired) electrons. The van der Waals surface area contributed by atoms with Gasteiger partial charge in [-0.2, -0.15) is 0 Å². The summed E-state index contributed by atoms with van der Waals surface area (Å²) in [5.74, 6) is 0.236. The van der Waals surface area contributed by atoms with Gasteiger partial charge in [-0.1, -0.05) is 6.07 Å². The zero-order valence-corrected chi connectivity index (χ0v) is 17.7. The molecule has 3 aromatic rings. The van der Waals surface area contributed by atoms with E-state index in [1.807, 2.05) is 0 Å². The fourth-order valence-corrected chi connectivity index (χ4v) is 3.64. The van der Waals surface area contributed by atoms with Crippen LogP contribution in [0.15, 0.2) is 58.0 Å². The zero-order chi connectivity index (χ0) is 21.9. The van der Waals surface area contributed by atoms with Crippen LogP contribution in [0.3, 0.4) is 0 Å². The van der Waals surface area contributed by atoms with Gasteiger partial charge in [-0.25, -0.2) is 22.1 Å². The van der Waals surface area contributed by atoms with Crippen LogP contribution in [0.5, 0.6) is 0 Å². The predicted octanol–water partition coefficient (Wildman–Crippen LogP) is 3.61. The summed E-state index contributed by atoms with van der Waals surface area (Å²) in [5.41, 5.74) is 1.87. The van der Waals surface area contributed by atoms with Crippen molar-refractivity contribution >= 4 is 21.6 Å². The molecule has 3 rings (SSSR count). The van der Waals surface area contributed by atoms with Gasteiger partial charge < -0.3 is 9.73 Å². The highest BCUT2D eigenvalue weighted by atomic mass is 32.2. The van der Waals surface area contributed by atoms with E-state index < -0.39 is 10.0 Å². The van der Waals surface area contributed by atoms with Crippen LogP contribution in [0.2, 0.25) is 0 Å². The summed E-state index contributed by atoms with van der Waals surface area (Å²) in [7, 11) is -0.703. The number of nitrogens with zero attached hydrogens (tertiary/aromatic N) is 2. The Balaban J connectivity index is 1.65. The second-order valence-electron chi connectivity index (χ2n) is 6.94. The van der Waals surface area contributed by atoms with Crippen LogP contribution in [0, 0.1) is 12.7 Å². The summed E-state index contributed by atoms with van der Waals surface area (Å²) >= 11 is 0. The molecule has 0 atom stereocenters. The number of hydrogen-bond acceptors (Lipinski definition) is 5. The van der Waals surface area contributed by atoms with E-state index in [4.69, 9.17) is 4.42 Å². The van der Waals surface area contributed by atoms with E-state index in [0.29, 0.717) is 22.9 Å². The van der Waals surface area contributed by atoms with Gasteiger partial charge in [0.2, 0.25) is 15.9 Å². The third kappa shape index (κ3) is 4.92. The third-order valence-electron chi connectivity index (χ3n) is 4.51. The molecular weight excluding hydrogens is 409 g/mol. The number of aromatic nitrogens is 1. The Morgan fingerprint density at radius 2 is 1.87 bits per heavy atom. The van der Waals surface area contributed by atoms with Crippen molar-refractivity contribution < 1.29 is 22.0 Å². The Morgan fingerprint density at radius 3 is 2.53 bits per heavy atom. The van der Waals surface area contributed by atoms with Crippen molar-refractivity contribution in [1.29, 1.82) is 0 Å². The lowest BCUT2D eigenvalue weighted by Crippen LogP contribution is -2.22. The van der Waals surface area contributed by atoms with Gasteiger partial charge in [-0.3, -0.25) is 4.79 Å². The molecule has 0 aliphatic rings. The Labute approximate surface area is 174 Å². The molecule has 7 nitrogen and oxygen atoms in total. The van der Waals surface area contributed by atoms with Crippen molar-refractivity contribution in [2.75, 3.05) is 19.4 Å². The average Bonchev–Trinajstić information content (AvgIpc) is 3.17. The molecule has 0 spiro atoms. The van der Waals surface area contributed by atoms with Crippen LogP contribution in [0.4, 0.5) is 10.1 Å². The number of oxazole rings is 1. The van der Waals surface area contributed by atoms with Gasteiger partial charge in [-0.15, -0.1) is 0 Å². The van der Waals surface area contributed by atoms with Gasteiger partial charge in [0.1, 0.15) is 5.82 Å². The smallest absolute Gasteiger partial charge is 0.242 e. The summed E-state index contributed by atoms with van der Waals surface area (Å²) < 4.78 is 44.4. The molecule has 0 unspecified atom stereocenters. The quantitative estimate of drug-likeness (QED) is 0.617. The first kappa shape index (κ1) is 21.7. The van der Waals surface area contributed by atoms with Crippen molar-refractivity contribution in [3.8, 4) is 11.3 Å². The number of halogens is 1. The van der Waals surface area contributed by atoms with E-state index in [1.54, 1.807) is 25.1 Å². The molecule has 1 amide bonds. The number of amides is 1. The lowest BCUT2D eigenvalue weighted by atomic mass is 10.2. The largest absolute Gasteiger partial charge is 0.441 e. The fourth-order valence-electron chi connectivity index (χ4n) is 2.71. The van der Waals surface area contributed by atoms with Gasteiger partial charge in [0.25, 0.3) is 0 Å². The van der Waals surface area contributed by atoms with E-state index >= 15 is 0 Å². The topological polar surface area (TPSA) is 92.5 Å². The lowest BCUT2D eigenvalue weighted by molar-refractivity contribution is -0.116. The van der Waals surface area contributed by atoms with E-state index in [-0.39, 0.29) is 29.5 Å². The van der Waals surface area contributed by atoms with Crippen LogP contribution in [-0.4, -0.2) is 37.7 Å². The first-order valence-electron chi connectivity index (χ1n) is 9.20. The molecule has 0 aliphatic carbocycles. The highest BCUT2D eigenvalue weighted by Gasteiger charge is 2.19. The van der Waals surface area contributed by atoms with Crippen molar-refractivity contribution in [1.82, 2.24) is 9.29 Å². The SMILES string of the molecule is Cc1ccc(S(=O)(=O)N(C)C)cc1NC(=O)CCc1ncc(-c2ccc(F)cc2)o1. The molecule has 9 heteroatoms. The molecule has 158 valence electrons. The van der Waals surface area contributed by atoms with Crippen molar-refractivity contribution in [2.24, 2.45) is 0 Å². The number of benzene rings is 2. The molecule has 0 saturated heterocycles. The fraction of sp³-hybridized carbons (Fsp3) is 0.238. The number of carbonyl (C=O) groups excluding carboxylic acids is 1. The monoisotopic (exact) mass is 431 g/mol. The predicted molar refractivity (Wildman–Crippen MR) is 111 cm³/mol. The minimum absolute atomic E-state index is 0.102. The number of sulfonamides is 1. The number of carbonyl (C=O) groups is 1. The van der Waals surface area contributed by atoms with Gasteiger partial charge >= 0.3 is 0 Å². The van der Waals surface area contributed by atoms with E-state index in [1.165, 1.54) is 44.6 Å². The van der Waals surface area contributed by atoms with E-state index in [0.717, 1.165) is 9.87 Å². The van der Waals surface area contributed by atoms with Crippen LogP contribution in [0.25, 0.3) is 11.3 Å². The Morgan fingerprint density at radius 1 is 1.17 bits per heavy atom. The molecule has 1 heterocycles. The highest BCUT2D eigenvalue weighted by molar-refractivity contribution is 7.89. The van der Waals surface area contributed by atoms with Gasteiger partial charge in [0.05, 0.1) is 11.1 Å². The molecule has 2 aromatic carbocycles. The third-order valence-corrected chi connectivity index (χ3v) is 6.32. The van der Waals surface area contributed by atoms with Crippen molar-refractivity contribution in [2.45, 2.75) is 24.7 Å². The molecule has 0 fully saturated rings. The minimum Gasteiger partial charge on any atom is -0.441 e. The molecule has 0 bridgehead atoms. The van der Waals surface area contributed by atoms with Crippen LogP contribution in [0.1, 0.15) is 17.9 Å². The van der Waals surface area contributed by atoms with Crippen LogP contribution in [-0.2, 0) is 21.2 Å². The minimum atomic E-state index is -3.60. The van der Waals surface area contributed by atoms with Gasteiger partial charge in [0, 0.05) is 38.2 Å². The molecule has 0 saturated carbocycles. The number of nitrogens with one attached hydrogen (secondary N) is 1. The first-order chi connectivity index (χ1) is 14.2. The maximum atomic E-state index is 13.0. The highest BCUT2D eigenvalue weighted by Crippen LogP contribution is 2.23. The summed E-state index contributed by atoms with van der Waals surface area (Å²) in [5, 5.41) is 2.74. The van der Waals surface area contributed by atoms with Crippen LogP contribution >= 0.6 is 0 Å². The number of anilines is 1. The average molecular weight is 431 g/mol. The number of aryl methyl sites for hydroxylation is 2. The summed E-state index contributed by atoms with van der Waals surface area (Å²) in [6.45, 7) is 1.78. The summed E-state index contributed by atoms with van der Waals surface area (Å²) in [6, 6.07) is 10.4. The summed E-state index contributed by atoms with van der Waals surface area (Å²) in [4.78, 5) is 16.6. The standard InChI is InChI=1S/C21H22FN3O4S/c1-14-4-9-17(30(27,28)25(2)3)12-18(14)24-20(26)10-11-21-23-13-19(29-21)15-5-7-16(22)8-6-15/h4-9,12-13H,10-11H2,1-3H3,(H,24,26). The molecule has 1 N–H and O–H groups in total. The zero-order valence-electron chi connectivity index (χ0n) is 16.8. The Kier molecular flexibility index (Phi) is 6.33. The van der Waals surface area contributed by atoms with Crippen molar-refractivity contribution in [3.05, 3.63) is 65.9 Å². The van der Waals surface area contributed by atoms with E-state index in [2.05, 4.69) is 10.3 Å². The Hall–Kier alpha value is -3.04. The maximum Gasteiger partial charge on any atom is 0.242 e. The van der Waals surface area contributed by atoms with E-state index in [9.17, 15) is 17.6 Å². The lowest BCUT2D eigenvalue weighted by Gasteiger charge is -2.14. The maximum absolute atomic E-state index is 13.0. The van der Waals surface area contributed by atoms with Crippen molar-refractivity contribution in [3.63, 3.8) is 0 Å². The van der Waals surface area contributed by atoms with Gasteiger partial charge in [0.15, 0.2) is 11.7 Å². The van der Waals surface area contributed by atoms with Gasteiger partial charge in [-0.05, 0) is 48.9 Å². The Bertz CT molecular complexity index is 1160. The molecule has 0 aliphatic heterocycles. The molecule has 1 aromatic heterocycles. The molecular formula is C21H22FN3O4S. The normalized spacial score (nSPS) is 11.6. The molecule has 30 heavy (non-hydrogen) atoms.